The summed E-state index contributed by atoms with van der Waals surface area (Å²) in [6.07, 6.45) is 2.31. The van der Waals surface area contributed by atoms with E-state index in [0.717, 1.165) is 33.3 Å². The standard InChI is InChI=1S/C25H23FN2O2/c1-30-22-6-4-5-19(13-22)15-27-25(29)14-20-17-28(24-8-3-2-7-23(20)24)16-18-9-11-21(26)12-10-18/h2-13,17H,14-16H2,1H3,(H,27,29). The number of methoxy groups -OCH3 is 1. The highest BCUT2D eigenvalue weighted by molar-refractivity contribution is 5.89. The minimum Gasteiger partial charge on any atom is -0.497 e. The second-order valence-corrected chi connectivity index (χ2v) is 7.23. The average molecular weight is 402 g/mol. The van der Waals surface area contributed by atoms with Crippen molar-refractivity contribution in [3.63, 3.8) is 0 Å². The van der Waals surface area contributed by atoms with Crippen molar-refractivity contribution in [2.75, 3.05) is 7.11 Å². The van der Waals surface area contributed by atoms with Gasteiger partial charge in [-0.1, -0.05) is 42.5 Å². The number of hydrogen-bond acceptors (Lipinski definition) is 2. The third kappa shape index (κ3) is 4.51. The van der Waals surface area contributed by atoms with Crippen molar-refractivity contribution in [3.8, 4) is 5.75 Å². The zero-order chi connectivity index (χ0) is 20.9. The number of nitrogens with zero attached hydrogens (tertiary/aromatic N) is 1. The van der Waals surface area contributed by atoms with Crippen LogP contribution in [-0.2, 0) is 24.3 Å². The van der Waals surface area contributed by atoms with Crippen molar-refractivity contribution in [2.24, 2.45) is 0 Å². The third-order valence-electron chi connectivity index (χ3n) is 5.11. The molecule has 0 saturated heterocycles. The summed E-state index contributed by atoms with van der Waals surface area (Å²) in [6, 6.07) is 22.2. The number of carbonyl (C=O) groups excluding carboxylic acids is 1. The smallest absolute Gasteiger partial charge is 0.224 e. The Balaban J connectivity index is 1.49. The number of benzene rings is 3. The van der Waals surface area contributed by atoms with Crippen LogP contribution in [0.2, 0.25) is 0 Å². The first-order chi connectivity index (χ1) is 14.6. The summed E-state index contributed by atoms with van der Waals surface area (Å²) >= 11 is 0. The van der Waals surface area contributed by atoms with Crippen LogP contribution in [0.3, 0.4) is 0 Å². The van der Waals surface area contributed by atoms with Gasteiger partial charge in [0.1, 0.15) is 11.6 Å². The van der Waals surface area contributed by atoms with Crippen LogP contribution in [0.4, 0.5) is 4.39 Å². The maximum absolute atomic E-state index is 13.2. The zero-order valence-electron chi connectivity index (χ0n) is 16.8. The van der Waals surface area contributed by atoms with Gasteiger partial charge in [0, 0.05) is 30.2 Å². The van der Waals surface area contributed by atoms with E-state index in [1.54, 1.807) is 19.2 Å². The molecular weight excluding hydrogens is 379 g/mol. The minimum absolute atomic E-state index is 0.0393. The van der Waals surface area contributed by atoms with E-state index >= 15 is 0 Å². The van der Waals surface area contributed by atoms with Crippen molar-refractivity contribution in [1.29, 1.82) is 0 Å². The molecule has 0 radical (unpaired) electrons. The molecule has 4 aromatic rings. The Kier molecular flexibility index (Phi) is 5.80. The summed E-state index contributed by atoms with van der Waals surface area (Å²) in [5.41, 5.74) is 4.01. The number of fused-ring (bicyclic) bond motifs is 1. The average Bonchev–Trinajstić information content (AvgIpc) is 3.11. The molecule has 30 heavy (non-hydrogen) atoms. The van der Waals surface area contributed by atoms with Crippen molar-refractivity contribution in [2.45, 2.75) is 19.5 Å². The lowest BCUT2D eigenvalue weighted by atomic mass is 10.1. The van der Waals surface area contributed by atoms with E-state index in [1.807, 2.05) is 54.7 Å². The number of hydrogen-bond donors (Lipinski definition) is 1. The van der Waals surface area contributed by atoms with E-state index in [-0.39, 0.29) is 11.7 Å². The van der Waals surface area contributed by atoms with Crippen LogP contribution in [0.25, 0.3) is 10.9 Å². The van der Waals surface area contributed by atoms with E-state index in [0.29, 0.717) is 19.5 Å². The molecule has 1 aromatic heterocycles. The fourth-order valence-corrected chi connectivity index (χ4v) is 3.60. The molecule has 0 aliphatic carbocycles. The Bertz CT molecular complexity index is 1170. The molecule has 0 fully saturated rings. The summed E-state index contributed by atoms with van der Waals surface area (Å²) in [6.45, 7) is 1.07. The summed E-state index contributed by atoms with van der Waals surface area (Å²) in [4.78, 5) is 12.6. The number of aromatic nitrogens is 1. The molecule has 3 aromatic carbocycles. The number of halogens is 1. The first-order valence-electron chi connectivity index (χ1n) is 9.83. The van der Waals surface area contributed by atoms with E-state index in [9.17, 15) is 9.18 Å². The molecule has 4 nitrogen and oxygen atoms in total. The lowest BCUT2D eigenvalue weighted by Gasteiger charge is -2.07. The Hall–Kier alpha value is -3.60. The van der Waals surface area contributed by atoms with Gasteiger partial charge in [-0.05, 0) is 47.0 Å². The minimum atomic E-state index is -0.246. The Labute approximate surface area is 174 Å². The predicted octanol–water partition coefficient (Wildman–Crippen LogP) is 4.70. The van der Waals surface area contributed by atoms with Crippen molar-refractivity contribution < 1.29 is 13.9 Å². The molecule has 1 amide bonds. The maximum Gasteiger partial charge on any atom is 0.224 e. The normalized spacial score (nSPS) is 10.9. The topological polar surface area (TPSA) is 43.3 Å². The summed E-state index contributed by atoms with van der Waals surface area (Å²) in [5.74, 6) is 0.484. The number of para-hydroxylation sites is 1. The van der Waals surface area contributed by atoms with E-state index in [1.165, 1.54) is 12.1 Å². The second kappa shape index (κ2) is 8.82. The first-order valence-corrected chi connectivity index (χ1v) is 9.83. The van der Waals surface area contributed by atoms with Gasteiger partial charge in [-0.3, -0.25) is 4.79 Å². The number of amides is 1. The van der Waals surface area contributed by atoms with Gasteiger partial charge in [-0.15, -0.1) is 0 Å². The summed E-state index contributed by atoms with van der Waals surface area (Å²) < 4.78 is 20.5. The molecule has 0 aliphatic rings. The van der Waals surface area contributed by atoms with Gasteiger partial charge in [-0.25, -0.2) is 4.39 Å². The van der Waals surface area contributed by atoms with Crippen LogP contribution in [0.5, 0.6) is 5.75 Å². The number of nitrogens with one attached hydrogen (secondary N) is 1. The summed E-state index contributed by atoms with van der Waals surface area (Å²) in [7, 11) is 1.62. The molecule has 4 rings (SSSR count). The monoisotopic (exact) mass is 402 g/mol. The van der Waals surface area contributed by atoms with Gasteiger partial charge in [0.15, 0.2) is 0 Å². The summed E-state index contributed by atoms with van der Waals surface area (Å²) in [5, 5.41) is 4.04. The highest BCUT2D eigenvalue weighted by Crippen LogP contribution is 2.23. The Morgan fingerprint density at radius 1 is 1.00 bits per heavy atom. The Morgan fingerprint density at radius 3 is 2.60 bits per heavy atom. The fraction of sp³-hybridized carbons (Fsp3) is 0.160. The largest absolute Gasteiger partial charge is 0.497 e. The van der Waals surface area contributed by atoms with E-state index in [2.05, 4.69) is 9.88 Å². The predicted molar refractivity (Wildman–Crippen MR) is 116 cm³/mol. The molecule has 0 unspecified atom stereocenters. The van der Waals surface area contributed by atoms with Crippen LogP contribution in [0, 0.1) is 5.82 Å². The molecule has 152 valence electrons. The van der Waals surface area contributed by atoms with Crippen LogP contribution >= 0.6 is 0 Å². The Morgan fingerprint density at radius 2 is 1.80 bits per heavy atom. The second-order valence-electron chi connectivity index (χ2n) is 7.23. The van der Waals surface area contributed by atoms with Gasteiger partial charge in [0.25, 0.3) is 0 Å². The van der Waals surface area contributed by atoms with Gasteiger partial charge in [0.2, 0.25) is 5.91 Å². The van der Waals surface area contributed by atoms with Gasteiger partial charge in [-0.2, -0.15) is 0 Å². The molecule has 1 heterocycles. The van der Waals surface area contributed by atoms with Gasteiger partial charge in [0.05, 0.1) is 13.5 Å². The van der Waals surface area contributed by atoms with Gasteiger partial charge < -0.3 is 14.6 Å². The number of rotatable bonds is 7. The third-order valence-corrected chi connectivity index (χ3v) is 5.11. The molecule has 0 aliphatic heterocycles. The van der Waals surface area contributed by atoms with Crippen LogP contribution < -0.4 is 10.1 Å². The zero-order valence-corrected chi connectivity index (χ0v) is 16.8. The molecule has 1 N–H and O–H groups in total. The SMILES string of the molecule is COc1cccc(CNC(=O)Cc2cn(Cc3ccc(F)cc3)c3ccccc23)c1. The maximum atomic E-state index is 13.2. The lowest BCUT2D eigenvalue weighted by molar-refractivity contribution is -0.120. The first kappa shape index (κ1) is 19.7. The molecule has 5 heteroatoms. The van der Waals surface area contributed by atoms with Crippen LogP contribution in [-0.4, -0.2) is 17.6 Å². The van der Waals surface area contributed by atoms with Crippen LogP contribution in [0.1, 0.15) is 16.7 Å². The molecule has 0 bridgehead atoms. The van der Waals surface area contributed by atoms with E-state index in [4.69, 9.17) is 4.74 Å². The molecule has 0 saturated carbocycles. The lowest BCUT2D eigenvalue weighted by Crippen LogP contribution is -2.24. The van der Waals surface area contributed by atoms with Crippen molar-refractivity contribution in [3.05, 3.63) is 102 Å². The number of ether oxygens (including phenoxy) is 1. The highest BCUT2D eigenvalue weighted by Gasteiger charge is 2.12. The highest BCUT2D eigenvalue weighted by atomic mass is 19.1. The van der Waals surface area contributed by atoms with Crippen molar-refractivity contribution in [1.82, 2.24) is 9.88 Å². The molecular formula is C25H23FN2O2. The molecule has 0 spiro atoms. The van der Waals surface area contributed by atoms with E-state index < -0.39 is 0 Å². The fourth-order valence-electron chi connectivity index (χ4n) is 3.60. The molecule has 0 atom stereocenters. The number of carbonyl (C=O) groups is 1. The quantitative estimate of drug-likeness (QED) is 0.487. The van der Waals surface area contributed by atoms with Crippen molar-refractivity contribution >= 4 is 16.8 Å². The van der Waals surface area contributed by atoms with Gasteiger partial charge >= 0.3 is 0 Å². The van der Waals surface area contributed by atoms with Crippen LogP contribution in [0.15, 0.2) is 79.0 Å².